The lowest BCUT2D eigenvalue weighted by atomic mass is 10.2. The first-order valence-electron chi connectivity index (χ1n) is 3.30. The van der Waals surface area contributed by atoms with E-state index in [1.165, 1.54) is 11.1 Å². The molecule has 10 heavy (non-hydrogen) atoms. The van der Waals surface area contributed by atoms with Crippen LogP contribution in [0.15, 0.2) is 35.5 Å². The van der Waals surface area contributed by atoms with Gasteiger partial charge in [0.15, 0.2) is 0 Å². The van der Waals surface area contributed by atoms with E-state index in [2.05, 4.69) is 38.2 Å². The zero-order valence-corrected chi connectivity index (χ0v) is 6.02. The fraction of sp³-hybridized carbons (Fsp3) is 0.400. The minimum atomic E-state index is 0. The predicted octanol–water partition coefficient (Wildman–Crippen LogP) is 3.48. The molecule has 0 aromatic carbocycles. The molecule has 1 aliphatic carbocycles. The second-order valence-electron chi connectivity index (χ2n) is 2.47. The van der Waals surface area contributed by atoms with Gasteiger partial charge < -0.3 is 0 Å². The summed E-state index contributed by atoms with van der Waals surface area (Å²) in [5.74, 6) is 0. The number of allylic oxidation sites excluding steroid dienone is 6. The molecule has 0 unspecified atom stereocenters. The monoisotopic (exact) mass is 136 g/mol. The maximum absolute atomic E-state index is 2.23. The Morgan fingerprint density at radius 3 is 2.60 bits per heavy atom. The number of hydrogen-bond acceptors (Lipinski definition) is 0. The third-order valence-electron chi connectivity index (χ3n) is 1.41. The van der Waals surface area contributed by atoms with Gasteiger partial charge in [0, 0.05) is 0 Å². The van der Waals surface area contributed by atoms with Gasteiger partial charge in [-0.1, -0.05) is 42.9 Å². The van der Waals surface area contributed by atoms with Crippen LogP contribution in [-0.2, 0) is 0 Å². The van der Waals surface area contributed by atoms with Crippen LogP contribution in [0.3, 0.4) is 0 Å². The first-order chi connectivity index (χ1) is 4.29. The molecule has 1 aliphatic rings. The Morgan fingerprint density at radius 2 is 1.90 bits per heavy atom. The zero-order valence-electron chi connectivity index (χ0n) is 6.02. The average molecular weight is 136 g/mol. The standard InChI is InChI=1S/C9H12.CH4/c1-8-5-3-4-6-9(2)7-8;/h3,5-7H,4H2,1-2H3;1H4. The Labute approximate surface area is 64.0 Å². The van der Waals surface area contributed by atoms with Gasteiger partial charge in [-0.2, -0.15) is 0 Å². The van der Waals surface area contributed by atoms with Crippen molar-refractivity contribution in [1.82, 2.24) is 0 Å². The van der Waals surface area contributed by atoms with Crippen molar-refractivity contribution < 1.29 is 0 Å². The Kier molecular flexibility index (Phi) is 3.78. The summed E-state index contributed by atoms with van der Waals surface area (Å²) >= 11 is 0. The van der Waals surface area contributed by atoms with Crippen molar-refractivity contribution in [1.29, 1.82) is 0 Å². The van der Waals surface area contributed by atoms with Gasteiger partial charge in [-0.15, -0.1) is 0 Å². The molecule has 0 saturated heterocycles. The molecule has 0 heteroatoms. The van der Waals surface area contributed by atoms with Gasteiger partial charge in [-0.3, -0.25) is 0 Å². The summed E-state index contributed by atoms with van der Waals surface area (Å²) in [5.41, 5.74) is 2.72. The van der Waals surface area contributed by atoms with Crippen molar-refractivity contribution in [3.8, 4) is 0 Å². The van der Waals surface area contributed by atoms with Crippen molar-refractivity contribution in [3.05, 3.63) is 35.5 Å². The van der Waals surface area contributed by atoms with Crippen LogP contribution in [0.5, 0.6) is 0 Å². The van der Waals surface area contributed by atoms with E-state index in [0.29, 0.717) is 0 Å². The van der Waals surface area contributed by atoms with Gasteiger partial charge in [0.25, 0.3) is 0 Å². The van der Waals surface area contributed by atoms with E-state index in [0.717, 1.165) is 6.42 Å². The zero-order chi connectivity index (χ0) is 6.69. The van der Waals surface area contributed by atoms with Crippen molar-refractivity contribution in [2.24, 2.45) is 0 Å². The van der Waals surface area contributed by atoms with Crippen LogP contribution >= 0.6 is 0 Å². The SMILES string of the molecule is C.CC1=CCC=CC(C)=C1. The Hall–Kier alpha value is -0.780. The maximum atomic E-state index is 2.23. The Morgan fingerprint density at radius 1 is 1.20 bits per heavy atom. The molecule has 0 fully saturated rings. The second kappa shape index (κ2) is 4.10. The van der Waals surface area contributed by atoms with Crippen LogP contribution in [0.2, 0.25) is 0 Å². The molecule has 0 atom stereocenters. The molecule has 0 amide bonds. The summed E-state index contributed by atoms with van der Waals surface area (Å²) < 4.78 is 0. The van der Waals surface area contributed by atoms with Gasteiger partial charge in [0.2, 0.25) is 0 Å². The van der Waals surface area contributed by atoms with Crippen LogP contribution in [0.1, 0.15) is 27.7 Å². The van der Waals surface area contributed by atoms with Crippen LogP contribution in [0.25, 0.3) is 0 Å². The van der Waals surface area contributed by atoms with Crippen molar-refractivity contribution in [3.63, 3.8) is 0 Å². The molecule has 0 nitrogen and oxygen atoms in total. The molecule has 0 aromatic rings. The third kappa shape index (κ3) is 2.67. The molecule has 0 aliphatic heterocycles. The number of hydrogen-bond donors (Lipinski definition) is 0. The van der Waals surface area contributed by atoms with Gasteiger partial charge in [-0.25, -0.2) is 0 Å². The summed E-state index contributed by atoms with van der Waals surface area (Å²) in [6.45, 7) is 4.26. The van der Waals surface area contributed by atoms with Crippen molar-refractivity contribution >= 4 is 0 Å². The lowest BCUT2D eigenvalue weighted by Crippen LogP contribution is -1.67. The highest BCUT2D eigenvalue weighted by Crippen LogP contribution is 2.08. The molecule has 0 bridgehead atoms. The highest BCUT2D eigenvalue weighted by Gasteiger charge is 1.87. The minimum absolute atomic E-state index is 0. The topological polar surface area (TPSA) is 0 Å². The summed E-state index contributed by atoms with van der Waals surface area (Å²) in [4.78, 5) is 0. The van der Waals surface area contributed by atoms with E-state index < -0.39 is 0 Å². The van der Waals surface area contributed by atoms with E-state index in [1.54, 1.807) is 0 Å². The van der Waals surface area contributed by atoms with E-state index in [4.69, 9.17) is 0 Å². The van der Waals surface area contributed by atoms with Crippen molar-refractivity contribution in [2.75, 3.05) is 0 Å². The summed E-state index contributed by atoms with van der Waals surface area (Å²) in [5, 5.41) is 0. The van der Waals surface area contributed by atoms with E-state index in [9.17, 15) is 0 Å². The average Bonchev–Trinajstić information content (AvgIpc) is 1.93. The highest BCUT2D eigenvalue weighted by molar-refractivity contribution is 5.30. The second-order valence-corrected chi connectivity index (χ2v) is 2.47. The Bertz CT molecular complexity index is 180. The normalized spacial score (nSPS) is 16.6. The molecule has 56 valence electrons. The summed E-state index contributed by atoms with van der Waals surface area (Å²) in [7, 11) is 0. The molecule has 0 spiro atoms. The first-order valence-corrected chi connectivity index (χ1v) is 3.30. The molecule has 0 N–H and O–H groups in total. The molecule has 0 heterocycles. The van der Waals surface area contributed by atoms with Gasteiger partial charge in [0.05, 0.1) is 0 Å². The highest BCUT2D eigenvalue weighted by atomic mass is 13.9. The maximum Gasteiger partial charge on any atom is -0.0160 e. The quantitative estimate of drug-likeness (QED) is 0.478. The number of rotatable bonds is 0. The molecular weight excluding hydrogens is 120 g/mol. The third-order valence-corrected chi connectivity index (χ3v) is 1.41. The van der Waals surface area contributed by atoms with E-state index in [1.807, 2.05) is 0 Å². The van der Waals surface area contributed by atoms with Crippen molar-refractivity contribution in [2.45, 2.75) is 27.7 Å². The fourth-order valence-corrected chi connectivity index (χ4v) is 0.974. The van der Waals surface area contributed by atoms with Crippen LogP contribution in [0, 0.1) is 0 Å². The van der Waals surface area contributed by atoms with E-state index >= 15 is 0 Å². The smallest absolute Gasteiger partial charge is 0.0160 e. The lowest BCUT2D eigenvalue weighted by molar-refractivity contribution is 1.35. The first kappa shape index (κ1) is 9.22. The molecule has 0 saturated carbocycles. The van der Waals surface area contributed by atoms with Crippen LogP contribution < -0.4 is 0 Å². The molecular formula is C10H16. The van der Waals surface area contributed by atoms with Gasteiger partial charge in [0.1, 0.15) is 0 Å². The Balaban J connectivity index is 0.000000810. The van der Waals surface area contributed by atoms with Gasteiger partial charge >= 0.3 is 0 Å². The van der Waals surface area contributed by atoms with Crippen LogP contribution in [0.4, 0.5) is 0 Å². The fourth-order valence-electron chi connectivity index (χ4n) is 0.974. The van der Waals surface area contributed by atoms with Gasteiger partial charge in [-0.05, 0) is 20.3 Å². The summed E-state index contributed by atoms with van der Waals surface area (Å²) in [6.07, 6.45) is 9.85. The molecule has 0 aromatic heterocycles. The largest absolute Gasteiger partial charge is 0.0805 e. The summed E-state index contributed by atoms with van der Waals surface area (Å²) in [6, 6.07) is 0. The molecule has 1 rings (SSSR count). The predicted molar refractivity (Wildman–Crippen MR) is 48.0 cm³/mol. The van der Waals surface area contributed by atoms with Crippen LogP contribution in [-0.4, -0.2) is 0 Å². The minimum Gasteiger partial charge on any atom is -0.0805 e. The lowest BCUT2D eigenvalue weighted by Gasteiger charge is -1.88. The van der Waals surface area contributed by atoms with E-state index in [-0.39, 0.29) is 7.43 Å². The molecule has 0 radical (unpaired) electrons.